The van der Waals surface area contributed by atoms with Crippen LogP contribution in [0.2, 0.25) is 0 Å². The van der Waals surface area contributed by atoms with Crippen LogP contribution in [-0.2, 0) is 3.07 Å². The van der Waals surface area contributed by atoms with E-state index in [1.165, 1.54) is 55.0 Å². The molecule has 1 fully saturated rings. The molecule has 1 heterocycles. The summed E-state index contributed by atoms with van der Waals surface area (Å²) in [5, 5.41) is 0. The average Bonchev–Trinajstić information content (AvgIpc) is 2.67. The summed E-state index contributed by atoms with van der Waals surface area (Å²) >= 11 is -1.58. The third-order valence-electron chi connectivity index (χ3n) is 4.02. The fourth-order valence-electron chi connectivity index (χ4n) is 2.95. The standard InChI is InChI=1S/C15H26INO/c1-12-8-4-6-10-14(11-7-5-9-12)15-16(3)18-13(2)17-15/h12,14H,3-11H2,1-2H3. The Labute approximate surface area is 118 Å². The molecule has 18 heavy (non-hydrogen) atoms. The Balaban J connectivity index is 1.99. The van der Waals surface area contributed by atoms with E-state index in [2.05, 4.69) is 16.4 Å². The van der Waals surface area contributed by atoms with Crippen molar-refractivity contribution in [3.8, 4) is 0 Å². The minimum atomic E-state index is -1.58. The van der Waals surface area contributed by atoms with Gasteiger partial charge in [0.25, 0.3) is 0 Å². The van der Waals surface area contributed by atoms with Gasteiger partial charge in [0.05, 0.1) is 19.3 Å². The van der Waals surface area contributed by atoms with Crippen molar-refractivity contribution in [3.63, 3.8) is 0 Å². The average molecular weight is 363 g/mol. The van der Waals surface area contributed by atoms with Crippen molar-refractivity contribution >= 4 is 33.3 Å². The molecule has 2 rings (SSSR count). The van der Waals surface area contributed by atoms with E-state index in [0.29, 0.717) is 5.92 Å². The van der Waals surface area contributed by atoms with Crippen molar-refractivity contribution < 1.29 is 3.07 Å². The van der Waals surface area contributed by atoms with E-state index in [-0.39, 0.29) is 0 Å². The Hall–Kier alpha value is -0.0600. The highest BCUT2D eigenvalue weighted by molar-refractivity contribution is 14.2. The maximum atomic E-state index is 5.73. The summed E-state index contributed by atoms with van der Waals surface area (Å²) in [6.45, 7) is 4.39. The third-order valence-corrected chi connectivity index (χ3v) is 7.54. The van der Waals surface area contributed by atoms with Gasteiger partial charge in [-0.2, -0.15) is 0 Å². The Morgan fingerprint density at radius 1 is 1.11 bits per heavy atom. The zero-order valence-corrected chi connectivity index (χ0v) is 13.9. The van der Waals surface area contributed by atoms with E-state index in [0.717, 1.165) is 11.8 Å². The van der Waals surface area contributed by atoms with Gasteiger partial charge in [0.2, 0.25) is 0 Å². The molecule has 1 aliphatic heterocycles. The number of hydrogen-bond acceptors (Lipinski definition) is 2. The lowest BCUT2D eigenvalue weighted by Crippen LogP contribution is -2.12. The molecule has 0 bridgehead atoms. The molecule has 0 radical (unpaired) electrons. The molecule has 1 aliphatic carbocycles. The van der Waals surface area contributed by atoms with Crippen molar-refractivity contribution in [2.45, 2.75) is 65.2 Å². The second-order valence-electron chi connectivity index (χ2n) is 5.72. The number of halogens is 1. The first kappa shape index (κ1) is 14.4. The first-order chi connectivity index (χ1) is 8.66. The fraction of sp³-hybridized carbons (Fsp3) is 0.800. The van der Waals surface area contributed by atoms with Gasteiger partial charge in [-0.1, -0.05) is 45.4 Å². The van der Waals surface area contributed by atoms with Crippen molar-refractivity contribution in [1.29, 1.82) is 0 Å². The molecule has 2 aliphatic rings. The summed E-state index contributed by atoms with van der Waals surface area (Å²) < 4.78 is 11.3. The largest absolute Gasteiger partial charge is 0.427 e. The SMILES string of the molecule is C=I1=C(C2CCCCC(C)CCCC2)N=C(C)O1. The van der Waals surface area contributed by atoms with Crippen LogP contribution in [-0.4, -0.2) is 14.0 Å². The van der Waals surface area contributed by atoms with Crippen molar-refractivity contribution in [2.24, 2.45) is 16.8 Å². The molecule has 0 aromatic rings. The van der Waals surface area contributed by atoms with Crippen LogP contribution in [0.3, 0.4) is 0 Å². The summed E-state index contributed by atoms with van der Waals surface area (Å²) in [6, 6.07) is 0. The smallest absolute Gasteiger partial charge is 0.196 e. The third kappa shape index (κ3) is 3.97. The van der Waals surface area contributed by atoms with E-state index >= 15 is 0 Å². The molecule has 3 heteroatoms. The molecule has 0 N–H and O–H groups in total. The van der Waals surface area contributed by atoms with E-state index in [9.17, 15) is 0 Å². The molecule has 2 nitrogen and oxygen atoms in total. The molecule has 104 valence electrons. The fourth-order valence-corrected chi connectivity index (χ4v) is 6.25. The van der Waals surface area contributed by atoms with Crippen LogP contribution in [0.25, 0.3) is 0 Å². The maximum Gasteiger partial charge on any atom is 0.196 e. The Kier molecular flexibility index (Phi) is 5.52. The molecule has 0 atom stereocenters. The van der Waals surface area contributed by atoms with Crippen molar-refractivity contribution in [3.05, 3.63) is 0 Å². The predicted octanol–water partition coefficient (Wildman–Crippen LogP) is 4.81. The monoisotopic (exact) mass is 363 g/mol. The first-order valence-corrected chi connectivity index (χ1v) is 10.7. The lowest BCUT2D eigenvalue weighted by atomic mass is 9.89. The van der Waals surface area contributed by atoms with E-state index in [1.54, 1.807) is 0 Å². The van der Waals surface area contributed by atoms with Crippen molar-refractivity contribution in [1.82, 2.24) is 0 Å². The summed E-state index contributed by atoms with van der Waals surface area (Å²) in [5.74, 6) is 2.48. The van der Waals surface area contributed by atoms with Gasteiger partial charge < -0.3 is 3.07 Å². The Morgan fingerprint density at radius 3 is 2.17 bits per heavy atom. The van der Waals surface area contributed by atoms with E-state index in [4.69, 9.17) is 3.07 Å². The van der Waals surface area contributed by atoms with Gasteiger partial charge >= 0.3 is 0 Å². The normalized spacial score (nSPS) is 31.9. The first-order valence-electron chi connectivity index (χ1n) is 7.26. The zero-order chi connectivity index (χ0) is 13.0. The van der Waals surface area contributed by atoms with Crippen LogP contribution in [0.15, 0.2) is 4.99 Å². The second kappa shape index (κ2) is 6.92. The molecule has 0 amide bonds. The summed E-state index contributed by atoms with van der Waals surface area (Å²) in [4.78, 5) is 4.65. The Morgan fingerprint density at radius 2 is 1.67 bits per heavy atom. The summed E-state index contributed by atoms with van der Waals surface area (Å²) in [6.07, 6.45) is 10.9. The van der Waals surface area contributed by atoms with Gasteiger partial charge in [-0.25, -0.2) is 4.99 Å². The molecular weight excluding hydrogens is 337 g/mol. The Bertz CT molecular complexity index is 381. The van der Waals surface area contributed by atoms with Gasteiger partial charge in [0, 0.05) is 12.8 Å². The molecular formula is C15H26INO. The van der Waals surface area contributed by atoms with Crippen LogP contribution in [0.5, 0.6) is 0 Å². The number of aliphatic imine (C=N–C) groups is 1. The summed E-state index contributed by atoms with van der Waals surface area (Å²) in [5.41, 5.74) is 0. The molecule has 0 aromatic carbocycles. The number of rotatable bonds is 1. The highest BCUT2D eigenvalue weighted by Gasteiger charge is 2.21. The molecule has 0 spiro atoms. The minimum Gasteiger partial charge on any atom is -0.427 e. The van der Waals surface area contributed by atoms with Crippen LogP contribution in [0, 0.1) is 11.8 Å². The van der Waals surface area contributed by atoms with Gasteiger partial charge in [-0.3, -0.25) is 0 Å². The van der Waals surface area contributed by atoms with E-state index < -0.39 is 19.3 Å². The highest BCUT2D eigenvalue weighted by atomic mass is 127. The quantitative estimate of drug-likeness (QED) is 0.613. The van der Waals surface area contributed by atoms with Gasteiger partial charge in [0.1, 0.15) is 3.63 Å². The van der Waals surface area contributed by atoms with Gasteiger partial charge in [0.15, 0.2) is 5.90 Å². The molecule has 0 unspecified atom stereocenters. The van der Waals surface area contributed by atoms with Crippen LogP contribution in [0.1, 0.15) is 65.2 Å². The van der Waals surface area contributed by atoms with Gasteiger partial charge in [-0.05, 0) is 23.3 Å². The number of nitrogens with zero attached hydrogens (tertiary/aromatic N) is 1. The zero-order valence-electron chi connectivity index (χ0n) is 11.8. The topological polar surface area (TPSA) is 21.6 Å². The van der Waals surface area contributed by atoms with Crippen LogP contribution >= 0.6 is 19.3 Å². The second-order valence-corrected chi connectivity index (χ2v) is 9.09. The van der Waals surface area contributed by atoms with E-state index in [1.807, 2.05) is 6.92 Å². The maximum absolute atomic E-state index is 5.73. The van der Waals surface area contributed by atoms with Crippen LogP contribution < -0.4 is 0 Å². The lowest BCUT2D eigenvalue weighted by molar-refractivity contribution is 0.395. The molecule has 1 saturated carbocycles. The predicted molar refractivity (Wildman–Crippen MR) is 89.9 cm³/mol. The van der Waals surface area contributed by atoms with Crippen molar-refractivity contribution in [2.75, 3.05) is 0 Å². The highest BCUT2D eigenvalue weighted by Crippen LogP contribution is 2.32. The summed E-state index contributed by atoms with van der Waals surface area (Å²) in [7, 11) is 0. The molecule has 0 saturated heterocycles. The number of hydrogen-bond donors (Lipinski definition) is 0. The van der Waals surface area contributed by atoms with Crippen LogP contribution in [0.4, 0.5) is 0 Å². The van der Waals surface area contributed by atoms with Gasteiger partial charge in [-0.15, -0.1) is 0 Å². The lowest BCUT2D eigenvalue weighted by Gasteiger charge is -2.19. The minimum absolute atomic E-state index is 0.679. The molecule has 0 aromatic heterocycles.